The monoisotopic (exact) mass is 218 g/mol. The molecule has 1 aliphatic rings. The first-order chi connectivity index (χ1) is 7.65. The smallest absolute Gasteiger partial charge is 0.182 e. The van der Waals surface area contributed by atoms with Crippen molar-refractivity contribution >= 4 is 5.82 Å². The first-order valence-electron chi connectivity index (χ1n) is 5.26. The molecule has 0 radical (unpaired) electrons. The summed E-state index contributed by atoms with van der Waals surface area (Å²) in [5.74, 6) is 0.532. The van der Waals surface area contributed by atoms with E-state index in [1.165, 1.54) is 6.20 Å². The second-order valence-corrected chi connectivity index (χ2v) is 4.17. The Balaban J connectivity index is 2.24. The number of hydrogen-bond donors (Lipinski definition) is 1. The third-order valence-corrected chi connectivity index (χ3v) is 3.09. The maximum atomic E-state index is 8.92. The molecule has 5 nitrogen and oxygen atoms in total. The molecule has 1 aromatic heterocycles. The van der Waals surface area contributed by atoms with Gasteiger partial charge in [-0.25, -0.2) is 9.97 Å². The molecule has 1 N–H and O–H groups in total. The van der Waals surface area contributed by atoms with Crippen LogP contribution < -0.4 is 5.32 Å². The summed E-state index contributed by atoms with van der Waals surface area (Å²) in [5.41, 5.74) is 0.143. The predicted molar refractivity (Wildman–Crippen MR) is 58.8 cm³/mol. The Morgan fingerprint density at radius 3 is 2.94 bits per heavy atom. The van der Waals surface area contributed by atoms with Gasteiger partial charge in [0.05, 0.1) is 11.6 Å². The normalized spacial score (nSPS) is 28.7. The van der Waals surface area contributed by atoms with Crippen molar-refractivity contribution in [3.05, 3.63) is 18.1 Å². The molecule has 84 valence electrons. The lowest BCUT2D eigenvalue weighted by molar-refractivity contribution is 0.105. The van der Waals surface area contributed by atoms with Gasteiger partial charge in [-0.3, -0.25) is 0 Å². The predicted octanol–water partition coefficient (Wildman–Crippen LogP) is 1.33. The zero-order valence-corrected chi connectivity index (χ0v) is 9.40. The van der Waals surface area contributed by atoms with Gasteiger partial charge in [-0.15, -0.1) is 0 Å². The summed E-state index contributed by atoms with van der Waals surface area (Å²) in [6.07, 6.45) is 4.09. The highest BCUT2D eigenvalue weighted by Crippen LogP contribution is 2.29. The molecule has 5 heteroatoms. The molecule has 1 fully saturated rings. The molecule has 1 saturated heterocycles. The molecule has 16 heavy (non-hydrogen) atoms. The molecular weight excluding hydrogens is 204 g/mol. The lowest BCUT2D eigenvalue weighted by atomic mass is 9.94. The average Bonchev–Trinajstić information content (AvgIpc) is 2.60. The van der Waals surface area contributed by atoms with E-state index in [1.54, 1.807) is 6.20 Å². The fourth-order valence-electron chi connectivity index (χ4n) is 1.78. The summed E-state index contributed by atoms with van der Waals surface area (Å²) in [6, 6.07) is 2.02. The first-order valence-corrected chi connectivity index (χ1v) is 5.26. The van der Waals surface area contributed by atoms with Crippen molar-refractivity contribution in [3.8, 4) is 6.07 Å². The van der Waals surface area contributed by atoms with Crippen LogP contribution in [0, 0.1) is 11.3 Å². The fraction of sp³-hybridized carbons (Fsp3) is 0.545. The van der Waals surface area contributed by atoms with Gasteiger partial charge in [0.25, 0.3) is 0 Å². The highest BCUT2D eigenvalue weighted by atomic mass is 16.5. The Morgan fingerprint density at radius 1 is 1.56 bits per heavy atom. The van der Waals surface area contributed by atoms with E-state index < -0.39 is 0 Å². The topological polar surface area (TPSA) is 70.8 Å². The Labute approximate surface area is 94.5 Å². The lowest BCUT2D eigenvalue weighted by Crippen LogP contribution is -2.41. The lowest BCUT2D eigenvalue weighted by Gasteiger charge is -2.29. The van der Waals surface area contributed by atoms with Crippen molar-refractivity contribution < 1.29 is 4.74 Å². The molecular formula is C11H14N4O. The van der Waals surface area contributed by atoms with Crippen molar-refractivity contribution in [1.29, 1.82) is 5.26 Å². The zero-order valence-electron chi connectivity index (χ0n) is 9.40. The van der Waals surface area contributed by atoms with E-state index >= 15 is 0 Å². The third kappa shape index (κ3) is 1.84. The van der Waals surface area contributed by atoms with Gasteiger partial charge in [-0.05, 0) is 20.3 Å². The van der Waals surface area contributed by atoms with E-state index in [0.717, 1.165) is 13.0 Å². The Morgan fingerprint density at radius 2 is 2.31 bits per heavy atom. The van der Waals surface area contributed by atoms with Crippen LogP contribution in [0.25, 0.3) is 0 Å². The maximum Gasteiger partial charge on any atom is 0.182 e. The van der Waals surface area contributed by atoms with Gasteiger partial charge in [0.2, 0.25) is 0 Å². The van der Waals surface area contributed by atoms with Gasteiger partial charge in [0.15, 0.2) is 11.5 Å². The maximum absolute atomic E-state index is 8.92. The Kier molecular flexibility index (Phi) is 2.75. The summed E-state index contributed by atoms with van der Waals surface area (Å²) in [6.45, 7) is 4.82. The third-order valence-electron chi connectivity index (χ3n) is 3.09. The van der Waals surface area contributed by atoms with Gasteiger partial charge >= 0.3 is 0 Å². The number of hydrogen-bond acceptors (Lipinski definition) is 5. The van der Waals surface area contributed by atoms with Crippen LogP contribution in [0.3, 0.4) is 0 Å². The van der Waals surface area contributed by atoms with E-state index in [0.29, 0.717) is 11.5 Å². The number of nitrogens with zero attached hydrogens (tertiary/aromatic N) is 3. The van der Waals surface area contributed by atoms with Crippen LogP contribution in [0.2, 0.25) is 0 Å². The molecule has 2 heterocycles. The minimum absolute atomic E-state index is 0.0982. The molecule has 2 atom stereocenters. The largest absolute Gasteiger partial charge is 0.376 e. The van der Waals surface area contributed by atoms with Crippen molar-refractivity contribution in [2.45, 2.75) is 31.9 Å². The highest BCUT2D eigenvalue weighted by Gasteiger charge is 2.37. The molecule has 0 saturated carbocycles. The first kappa shape index (κ1) is 10.8. The van der Waals surface area contributed by atoms with E-state index in [9.17, 15) is 0 Å². The van der Waals surface area contributed by atoms with E-state index in [2.05, 4.69) is 22.2 Å². The van der Waals surface area contributed by atoms with Crippen LogP contribution in [0.4, 0.5) is 5.82 Å². The van der Waals surface area contributed by atoms with Crippen LogP contribution in [0.5, 0.6) is 0 Å². The summed E-state index contributed by atoms with van der Waals surface area (Å²) >= 11 is 0. The number of nitriles is 1. The van der Waals surface area contributed by atoms with Gasteiger partial charge in [0, 0.05) is 19.0 Å². The Hall–Kier alpha value is -1.67. The standard InChI is InChI=1S/C11H14N4O/c1-8-11(2,3-6-16-8)15-10-9(7-12)13-4-5-14-10/h4-5,8H,3,6H2,1-2H3,(H,14,15). The SMILES string of the molecule is CC1OCCC1(C)Nc1nccnc1C#N. The average molecular weight is 218 g/mol. The number of rotatable bonds is 2. The minimum atomic E-state index is -0.179. The number of anilines is 1. The second-order valence-electron chi connectivity index (χ2n) is 4.17. The van der Waals surface area contributed by atoms with E-state index in [1.807, 2.05) is 13.0 Å². The van der Waals surface area contributed by atoms with Gasteiger partial charge in [0.1, 0.15) is 6.07 Å². The summed E-state index contributed by atoms with van der Waals surface area (Å²) in [5, 5.41) is 12.2. The van der Waals surface area contributed by atoms with Crippen molar-refractivity contribution in [1.82, 2.24) is 9.97 Å². The van der Waals surface area contributed by atoms with E-state index in [-0.39, 0.29) is 11.6 Å². The number of ether oxygens (including phenoxy) is 1. The molecule has 0 aromatic carbocycles. The molecule has 2 rings (SSSR count). The summed E-state index contributed by atoms with van der Waals surface area (Å²) in [4.78, 5) is 8.11. The quantitative estimate of drug-likeness (QED) is 0.810. The zero-order chi connectivity index (χ0) is 11.6. The minimum Gasteiger partial charge on any atom is -0.376 e. The van der Waals surface area contributed by atoms with Gasteiger partial charge in [-0.2, -0.15) is 5.26 Å². The van der Waals surface area contributed by atoms with Crippen LogP contribution in [-0.4, -0.2) is 28.2 Å². The molecule has 2 unspecified atom stereocenters. The Bertz CT molecular complexity index is 428. The van der Waals surface area contributed by atoms with Crippen LogP contribution in [0.1, 0.15) is 26.0 Å². The molecule has 0 bridgehead atoms. The van der Waals surface area contributed by atoms with Crippen LogP contribution in [-0.2, 0) is 4.74 Å². The van der Waals surface area contributed by atoms with Crippen molar-refractivity contribution in [2.24, 2.45) is 0 Å². The van der Waals surface area contributed by atoms with Crippen molar-refractivity contribution in [2.75, 3.05) is 11.9 Å². The molecule has 0 amide bonds. The number of aromatic nitrogens is 2. The highest BCUT2D eigenvalue weighted by molar-refractivity contribution is 5.49. The summed E-state index contributed by atoms with van der Waals surface area (Å²) in [7, 11) is 0. The van der Waals surface area contributed by atoms with Gasteiger partial charge < -0.3 is 10.1 Å². The fourth-order valence-corrected chi connectivity index (χ4v) is 1.78. The van der Waals surface area contributed by atoms with Crippen molar-refractivity contribution in [3.63, 3.8) is 0 Å². The molecule has 1 aliphatic heterocycles. The molecule has 1 aromatic rings. The summed E-state index contributed by atoms with van der Waals surface area (Å²) < 4.78 is 5.52. The number of nitrogens with one attached hydrogen (secondary N) is 1. The van der Waals surface area contributed by atoms with Crippen LogP contribution >= 0.6 is 0 Å². The van der Waals surface area contributed by atoms with Gasteiger partial charge in [-0.1, -0.05) is 0 Å². The molecule has 0 spiro atoms. The van der Waals surface area contributed by atoms with E-state index in [4.69, 9.17) is 10.00 Å². The second kappa shape index (κ2) is 4.06. The van der Waals surface area contributed by atoms with Crippen LogP contribution in [0.15, 0.2) is 12.4 Å². The molecule has 0 aliphatic carbocycles.